The zero-order chi connectivity index (χ0) is 20.7. The first-order chi connectivity index (χ1) is 13.9. The van der Waals surface area contributed by atoms with Gasteiger partial charge in [0.25, 0.3) is 0 Å². The number of carbonyl (C=O) groups is 1. The Kier molecular flexibility index (Phi) is 6.80. The van der Waals surface area contributed by atoms with Crippen molar-refractivity contribution >= 4 is 15.9 Å². The number of amides is 1. The van der Waals surface area contributed by atoms with Crippen LogP contribution in [0.15, 0.2) is 89.8 Å². The molecule has 3 aromatic rings. The highest BCUT2D eigenvalue weighted by atomic mass is 32.2. The summed E-state index contributed by atoms with van der Waals surface area (Å²) in [6.07, 6.45) is 0.969. The first-order valence-electron chi connectivity index (χ1n) is 9.39. The molecule has 0 aliphatic carbocycles. The third-order valence-electron chi connectivity index (χ3n) is 4.69. The molecule has 0 atom stereocenters. The first kappa shape index (κ1) is 20.8. The fourth-order valence-corrected chi connectivity index (χ4v) is 3.60. The van der Waals surface area contributed by atoms with E-state index in [1.165, 1.54) is 17.7 Å². The summed E-state index contributed by atoms with van der Waals surface area (Å²) >= 11 is 0. The molecule has 5 nitrogen and oxygen atoms in total. The van der Waals surface area contributed by atoms with Crippen molar-refractivity contribution in [3.8, 4) is 0 Å². The minimum Gasteiger partial charge on any atom is -0.338 e. The van der Waals surface area contributed by atoms with Crippen LogP contribution in [-0.4, -0.2) is 25.8 Å². The SMILES string of the molecule is NS(=O)(=O)c1ccc(CC(=O)N(CCc2ccccc2)Cc2ccccc2)cc1. The molecular weight excluding hydrogens is 384 g/mol. The molecule has 0 aromatic heterocycles. The average Bonchev–Trinajstić information content (AvgIpc) is 2.72. The lowest BCUT2D eigenvalue weighted by atomic mass is 10.1. The number of hydrogen-bond donors (Lipinski definition) is 1. The fourth-order valence-electron chi connectivity index (χ4n) is 3.09. The number of sulfonamides is 1. The van der Waals surface area contributed by atoms with Crippen molar-refractivity contribution in [1.82, 2.24) is 4.90 Å². The number of hydrogen-bond acceptors (Lipinski definition) is 3. The summed E-state index contributed by atoms with van der Waals surface area (Å²) in [4.78, 5) is 14.9. The van der Waals surface area contributed by atoms with Crippen molar-refractivity contribution in [2.75, 3.05) is 6.54 Å². The van der Waals surface area contributed by atoms with Gasteiger partial charge in [0, 0.05) is 13.1 Å². The Morgan fingerprint density at radius 3 is 1.86 bits per heavy atom. The van der Waals surface area contributed by atoms with E-state index in [2.05, 4.69) is 12.1 Å². The molecule has 6 heteroatoms. The van der Waals surface area contributed by atoms with Crippen molar-refractivity contribution in [2.24, 2.45) is 5.14 Å². The molecule has 29 heavy (non-hydrogen) atoms. The normalized spacial score (nSPS) is 11.2. The van der Waals surface area contributed by atoms with E-state index in [1.807, 2.05) is 53.4 Å². The van der Waals surface area contributed by atoms with Crippen molar-refractivity contribution in [2.45, 2.75) is 24.3 Å². The van der Waals surface area contributed by atoms with Crippen LogP contribution < -0.4 is 5.14 Å². The molecule has 150 valence electrons. The summed E-state index contributed by atoms with van der Waals surface area (Å²) in [5.74, 6) is -0.00635. The highest BCUT2D eigenvalue weighted by Gasteiger charge is 2.15. The van der Waals surface area contributed by atoms with Gasteiger partial charge in [0.05, 0.1) is 11.3 Å². The van der Waals surface area contributed by atoms with Gasteiger partial charge >= 0.3 is 0 Å². The third kappa shape index (κ3) is 6.27. The molecule has 0 saturated heterocycles. The number of nitrogens with zero attached hydrogens (tertiary/aromatic N) is 1. The Bertz CT molecular complexity index is 1030. The molecule has 2 N–H and O–H groups in total. The Morgan fingerprint density at radius 1 is 0.759 bits per heavy atom. The Labute approximate surface area is 171 Å². The molecule has 0 radical (unpaired) electrons. The molecular formula is C23H24N2O3S. The molecule has 3 aromatic carbocycles. The number of rotatable bonds is 8. The maximum absolute atomic E-state index is 13.0. The predicted molar refractivity (Wildman–Crippen MR) is 114 cm³/mol. The Morgan fingerprint density at radius 2 is 1.31 bits per heavy atom. The van der Waals surface area contributed by atoms with Gasteiger partial charge in [-0.2, -0.15) is 0 Å². The molecule has 3 rings (SSSR count). The van der Waals surface area contributed by atoms with E-state index < -0.39 is 10.0 Å². The van der Waals surface area contributed by atoms with Crippen molar-refractivity contribution in [3.63, 3.8) is 0 Å². The molecule has 0 bridgehead atoms. The van der Waals surface area contributed by atoms with Crippen molar-refractivity contribution in [1.29, 1.82) is 0 Å². The van der Waals surface area contributed by atoms with E-state index in [0.717, 1.165) is 17.5 Å². The van der Waals surface area contributed by atoms with Crippen molar-refractivity contribution in [3.05, 3.63) is 102 Å². The lowest BCUT2D eigenvalue weighted by Crippen LogP contribution is -2.33. The lowest BCUT2D eigenvalue weighted by molar-refractivity contribution is -0.131. The molecule has 0 unspecified atom stereocenters. The van der Waals surface area contributed by atoms with Gasteiger partial charge in [-0.3, -0.25) is 4.79 Å². The predicted octanol–water partition coefficient (Wildman–Crippen LogP) is 3.15. The Hall–Kier alpha value is -2.96. The summed E-state index contributed by atoms with van der Waals surface area (Å²) in [6, 6.07) is 26.1. The summed E-state index contributed by atoms with van der Waals surface area (Å²) in [5, 5.41) is 5.13. The van der Waals surface area contributed by atoms with Crippen LogP contribution in [0.4, 0.5) is 0 Å². The van der Waals surface area contributed by atoms with Gasteiger partial charge in [0.1, 0.15) is 0 Å². The van der Waals surface area contributed by atoms with Gasteiger partial charge in [-0.05, 0) is 35.2 Å². The summed E-state index contributed by atoms with van der Waals surface area (Å²) in [7, 11) is -3.74. The lowest BCUT2D eigenvalue weighted by Gasteiger charge is -2.23. The zero-order valence-electron chi connectivity index (χ0n) is 16.1. The number of primary sulfonamides is 1. The van der Waals surface area contributed by atoms with Crippen LogP contribution >= 0.6 is 0 Å². The fraction of sp³-hybridized carbons (Fsp3) is 0.174. The second kappa shape index (κ2) is 9.49. The van der Waals surface area contributed by atoms with Crippen LogP contribution in [0.5, 0.6) is 0 Å². The van der Waals surface area contributed by atoms with Gasteiger partial charge in [0.2, 0.25) is 15.9 Å². The topological polar surface area (TPSA) is 80.5 Å². The van der Waals surface area contributed by atoms with E-state index >= 15 is 0 Å². The van der Waals surface area contributed by atoms with Crippen molar-refractivity contribution < 1.29 is 13.2 Å². The quantitative estimate of drug-likeness (QED) is 0.622. The Balaban J connectivity index is 1.72. The second-order valence-electron chi connectivity index (χ2n) is 6.90. The smallest absolute Gasteiger partial charge is 0.238 e. The largest absolute Gasteiger partial charge is 0.338 e. The van der Waals surface area contributed by atoms with Gasteiger partial charge in [0.15, 0.2) is 0 Å². The minimum atomic E-state index is -3.74. The molecule has 0 fully saturated rings. The van der Waals surface area contributed by atoms with Crippen LogP contribution in [0.25, 0.3) is 0 Å². The van der Waals surface area contributed by atoms with Crippen LogP contribution in [0.3, 0.4) is 0 Å². The van der Waals surface area contributed by atoms with E-state index in [4.69, 9.17) is 5.14 Å². The van der Waals surface area contributed by atoms with Crippen LogP contribution in [0.1, 0.15) is 16.7 Å². The van der Waals surface area contributed by atoms with E-state index in [0.29, 0.717) is 13.1 Å². The first-order valence-corrected chi connectivity index (χ1v) is 10.9. The van der Waals surface area contributed by atoms with Crippen LogP contribution in [0, 0.1) is 0 Å². The summed E-state index contributed by atoms with van der Waals surface area (Å²) in [5.41, 5.74) is 2.99. The monoisotopic (exact) mass is 408 g/mol. The molecule has 0 aliphatic rings. The van der Waals surface area contributed by atoms with Crippen LogP contribution in [0.2, 0.25) is 0 Å². The highest BCUT2D eigenvalue weighted by Crippen LogP contribution is 2.13. The van der Waals surface area contributed by atoms with Gasteiger partial charge in [-0.1, -0.05) is 72.8 Å². The maximum atomic E-state index is 13.0. The number of nitrogens with two attached hydrogens (primary N) is 1. The maximum Gasteiger partial charge on any atom is 0.238 e. The minimum absolute atomic E-state index is 0.00635. The molecule has 1 amide bonds. The van der Waals surface area contributed by atoms with E-state index in [1.54, 1.807) is 12.1 Å². The molecule has 0 heterocycles. The van der Waals surface area contributed by atoms with E-state index in [-0.39, 0.29) is 17.2 Å². The molecule has 0 aliphatic heterocycles. The van der Waals surface area contributed by atoms with Gasteiger partial charge in [-0.25, -0.2) is 13.6 Å². The number of carbonyl (C=O) groups excluding carboxylic acids is 1. The number of benzene rings is 3. The standard InChI is InChI=1S/C23H24N2O3S/c24-29(27,28)22-13-11-20(12-14-22)17-23(26)25(18-21-9-5-2-6-10-21)16-15-19-7-3-1-4-8-19/h1-14H,15-18H2,(H2,24,27,28). The highest BCUT2D eigenvalue weighted by molar-refractivity contribution is 7.89. The van der Waals surface area contributed by atoms with Crippen LogP contribution in [-0.2, 0) is 34.2 Å². The van der Waals surface area contributed by atoms with Gasteiger partial charge in [-0.15, -0.1) is 0 Å². The zero-order valence-corrected chi connectivity index (χ0v) is 16.9. The second-order valence-corrected chi connectivity index (χ2v) is 8.46. The molecule has 0 saturated carbocycles. The van der Waals surface area contributed by atoms with E-state index in [9.17, 15) is 13.2 Å². The third-order valence-corrected chi connectivity index (χ3v) is 5.62. The summed E-state index contributed by atoms with van der Waals surface area (Å²) < 4.78 is 22.8. The molecule has 0 spiro atoms. The average molecular weight is 409 g/mol. The summed E-state index contributed by atoms with van der Waals surface area (Å²) in [6.45, 7) is 1.13. The van der Waals surface area contributed by atoms with Gasteiger partial charge < -0.3 is 4.90 Å².